The lowest BCUT2D eigenvalue weighted by molar-refractivity contribution is -0.131. The molecule has 1 N–H and O–H groups in total. The summed E-state index contributed by atoms with van der Waals surface area (Å²) in [5.74, 6) is -0.722. The molecule has 0 fully saturated rings. The molecule has 0 spiro atoms. The standard InChI is InChI=1S/C22H44O4Si2/c1-18(12-13-20(23)24)16-19(17-26-28(10,11)22(5,6)7)14-15-25-27(8,9)21(2,3)4/h12-13,16,19H,14-15,17H2,1-11H3,(H,23,24)/b13-12+,18-16+/t19-/m0/s1. The zero-order valence-corrected chi connectivity index (χ0v) is 22.1. The molecule has 0 aliphatic carbocycles. The van der Waals surface area contributed by atoms with Gasteiger partial charge in [-0.25, -0.2) is 4.79 Å². The van der Waals surface area contributed by atoms with Crippen molar-refractivity contribution in [2.75, 3.05) is 13.2 Å². The first-order chi connectivity index (χ1) is 12.4. The van der Waals surface area contributed by atoms with Gasteiger partial charge in [-0.15, -0.1) is 0 Å². The van der Waals surface area contributed by atoms with Crippen molar-refractivity contribution in [2.24, 2.45) is 5.92 Å². The number of carboxylic acid groups (broad SMARTS) is 1. The average Bonchev–Trinajstić information content (AvgIpc) is 2.48. The second-order valence-electron chi connectivity index (χ2n) is 10.8. The lowest BCUT2D eigenvalue weighted by atomic mass is 10.0. The van der Waals surface area contributed by atoms with Crippen LogP contribution in [0.15, 0.2) is 23.8 Å². The fourth-order valence-electron chi connectivity index (χ4n) is 2.06. The molecule has 0 saturated carbocycles. The summed E-state index contributed by atoms with van der Waals surface area (Å²) in [7, 11) is -3.61. The summed E-state index contributed by atoms with van der Waals surface area (Å²) in [6.07, 6.45) is 5.83. The average molecular weight is 429 g/mol. The van der Waals surface area contributed by atoms with E-state index in [9.17, 15) is 4.79 Å². The van der Waals surface area contributed by atoms with Crippen LogP contribution in [0.5, 0.6) is 0 Å². The first-order valence-electron chi connectivity index (χ1n) is 10.3. The number of allylic oxidation sites excluding steroid dienone is 2. The third kappa shape index (κ3) is 9.68. The normalized spacial score (nSPS) is 15.9. The molecule has 0 aromatic heterocycles. The van der Waals surface area contributed by atoms with Gasteiger partial charge >= 0.3 is 5.97 Å². The maximum Gasteiger partial charge on any atom is 0.328 e. The van der Waals surface area contributed by atoms with Gasteiger partial charge in [0.05, 0.1) is 0 Å². The van der Waals surface area contributed by atoms with E-state index < -0.39 is 22.6 Å². The van der Waals surface area contributed by atoms with E-state index in [2.05, 4.69) is 73.8 Å². The van der Waals surface area contributed by atoms with Crippen molar-refractivity contribution >= 4 is 22.6 Å². The molecule has 0 aliphatic heterocycles. The predicted molar refractivity (Wildman–Crippen MR) is 125 cm³/mol. The van der Waals surface area contributed by atoms with Crippen molar-refractivity contribution < 1.29 is 18.8 Å². The summed E-state index contributed by atoms with van der Waals surface area (Å²) in [5, 5.41) is 9.21. The van der Waals surface area contributed by atoms with Crippen molar-refractivity contribution in [3.63, 3.8) is 0 Å². The van der Waals surface area contributed by atoms with Gasteiger partial charge in [0.1, 0.15) is 0 Å². The van der Waals surface area contributed by atoms with Gasteiger partial charge in [-0.05, 0) is 49.6 Å². The Balaban J connectivity index is 5.19. The lowest BCUT2D eigenvalue weighted by Gasteiger charge is -2.38. The molecule has 0 radical (unpaired) electrons. The van der Waals surface area contributed by atoms with Gasteiger partial charge in [-0.1, -0.05) is 59.3 Å². The van der Waals surface area contributed by atoms with Crippen molar-refractivity contribution in [3.05, 3.63) is 23.8 Å². The van der Waals surface area contributed by atoms with Crippen molar-refractivity contribution in [2.45, 2.75) is 91.2 Å². The quantitative estimate of drug-likeness (QED) is 0.241. The molecule has 0 bridgehead atoms. The van der Waals surface area contributed by atoms with Crippen LogP contribution in [-0.4, -0.2) is 40.9 Å². The van der Waals surface area contributed by atoms with E-state index in [1.54, 1.807) is 6.08 Å². The minimum Gasteiger partial charge on any atom is -0.478 e. The molecule has 164 valence electrons. The van der Waals surface area contributed by atoms with Gasteiger partial charge in [0.2, 0.25) is 0 Å². The molecule has 0 amide bonds. The summed E-state index contributed by atoms with van der Waals surface area (Å²) >= 11 is 0. The maximum atomic E-state index is 10.8. The van der Waals surface area contributed by atoms with Crippen LogP contribution in [0.4, 0.5) is 0 Å². The molecule has 4 nitrogen and oxygen atoms in total. The van der Waals surface area contributed by atoms with E-state index in [4.69, 9.17) is 14.0 Å². The highest BCUT2D eigenvalue weighted by Crippen LogP contribution is 2.38. The van der Waals surface area contributed by atoms with Gasteiger partial charge in [0, 0.05) is 25.2 Å². The van der Waals surface area contributed by atoms with Crippen LogP contribution in [-0.2, 0) is 13.6 Å². The molecule has 0 rings (SSSR count). The molecule has 0 aromatic carbocycles. The summed E-state index contributed by atoms with van der Waals surface area (Å²) < 4.78 is 12.8. The maximum absolute atomic E-state index is 10.8. The highest BCUT2D eigenvalue weighted by molar-refractivity contribution is 6.74. The Bertz CT molecular complexity index is 564. The fraction of sp³-hybridized carbons (Fsp3) is 0.773. The highest BCUT2D eigenvalue weighted by atomic mass is 28.4. The zero-order valence-electron chi connectivity index (χ0n) is 20.1. The molecule has 0 aromatic rings. The molecular formula is C22H44O4Si2. The van der Waals surface area contributed by atoms with E-state index in [-0.39, 0.29) is 16.0 Å². The molecule has 1 atom stereocenters. The van der Waals surface area contributed by atoms with Gasteiger partial charge in [0.25, 0.3) is 0 Å². The van der Waals surface area contributed by atoms with Gasteiger partial charge < -0.3 is 14.0 Å². The Labute approximate surface area is 175 Å². The summed E-state index contributed by atoms with van der Waals surface area (Å²) in [6, 6.07) is 0. The van der Waals surface area contributed by atoms with Crippen molar-refractivity contribution in [1.29, 1.82) is 0 Å². The van der Waals surface area contributed by atoms with Crippen molar-refractivity contribution in [1.82, 2.24) is 0 Å². The van der Waals surface area contributed by atoms with Gasteiger partial charge in [-0.2, -0.15) is 0 Å². The van der Waals surface area contributed by atoms with Crippen LogP contribution >= 0.6 is 0 Å². The number of hydrogen-bond acceptors (Lipinski definition) is 3. The minimum absolute atomic E-state index is 0.164. The number of rotatable bonds is 10. The van der Waals surface area contributed by atoms with E-state index in [1.807, 2.05) is 6.92 Å². The second-order valence-corrected chi connectivity index (χ2v) is 20.4. The second kappa shape index (κ2) is 10.4. The van der Waals surface area contributed by atoms with Crippen LogP contribution in [0.1, 0.15) is 54.9 Å². The summed E-state index contributed by atoms with van der Waals surface area (Å²) in [4.78, 5) is 10.8. The Morgan fingerprint density at radius 2 is 1.39 bits per heavy atom. The van der Waals surface area contributed by atoms with E-state index in [0.717, 1.165) is 12.0 Å². The number of carbonyl (C=O) groups is 1. The molecule has 6 heteroatoms. The predicted octanol–water partition coefficient (Wildman–Crippen LogP) is 6.62. The monoisotopic (exact) mass is 428 g/mol. The van der Waals surface area contributed by atoms with Crippen LogP contribution in [0, 0.1) is 5.92 Å². The molecule has 0 heterocycles. The minimum atomic E-state index is -1.83. The van der Waals surface area contributed by atoms with Crippen LogP contribution < -0.4 is 0 Å². The van der Waals surface area contributed by atoms with Gasteiger partial charge in [0.15, 0.2) is 16.6 Å². The van der Waals surface area contributed by atoms with E-state index in [1.165, 1.54) is 6.08 Å². The summed E-state index contributed by atoms with van der Waals surface area (Å²) in [5.41, 5.74) is 0.943. The number of aliphatic carboxylic acids is 1. The highest BCUT2D eigenvalue weighted by Gasteiger charge is 2.38. The summed E-state index contributed by atoms with van der Waals surface area (Å²) in [6.45, 7) is 25.8. The Kier molecular flexibility index (Phi) is 10.1. The van der Waals surface area contributed by atoms with Crippen LogP contribution in [0.25, 0.3) is 0 Å². The molecule has 0 saturated heterocycles. The third-order valence-corrected chi connectivity index (χ3v) is 15.2. The molecule has 0 aliphatic rings. The first kappa shape index (κ1) is 27.3. The molecule has 0 unspecified atom stereocenters. The van der Waals surface area contributed by atoms with Gasteiger partial charge in [-0.3, -0.25) is 0 Å². The van der Waals surface area contributed by atoms with E-state index >= 15 is 0 Å². The topological polar surface area (TPSA) is 55.8 Å². The number of hydrogen-bond donors (Lipinski definition) is 1. The largest absolute Gasteiger partial charge is 0.478 e. The lowest BCUT2D eigenvalue weighted by Crippen LogP contribution is -2.42. The van der Waals surface area contributed by atoms with E-state index in [0.29, 0.717) is 13.2 Å². The van der Waals surface area contributed by atoms with Crippen molar-refractivity contribution in [3.8, 4) is 0 Å². The Morgan fingerprint density at radius 3 is 1.82 bits per heavy atom. The Morgan fingerprint density at radius 1 is 0.929 bits per heavy atom. The molecular weight excluding hydrogens is 384 g/mol. The smallest absolute Gasteiger partial charge is 0.328 e. The van der Waals surface area contributed by atoms with Crippen LogP contribution in [0.2, 0.25) is 36.3 Å². The SMILES string of the molecule is CC(/C=C/C(=O)O)=C\[C@H](CCO[Si](C)(C)C(C)(C)C)CO[Si](C)(C)C(C)(C)C. The van der Waals surface area contributed by atoms with Crippen LogP contribution in [0.3, 0.4) is 0 Å². The zero-order chi connectivity index (χ0) is 22.4. The molecule has 28 heavy (non-hydrogen) atoms. The fourth-order valence-corrected chi connectivity index (χ4v) is 4.18. The third-order valence-electron chi connectivity index (χ3n) is 6.21. The first-order valence-corrected chi connectivity index (χ1v) is 16.1. The number of carboxylic acids is 1. The Hall–Kier alpha value is -0.696.